The molecule has 80 valence electrons. The summed E-state index contributed by atoms with van der Waals surface area (Å²) in [6, 6.07) is 12.8. The van der Waals surface area contributed by atoms with Gasteiger partial charge in [-0.05, 0) is 35.7 Å². The van der Waals surface area contributed by atoms with Gasteiger partial charge in [-0.3, -0.25) is 4.98 Å². The van der Waals surface area contributed by atoms with Crippen LogP contribution in [0.15, 0.2) is 48.8 Å². The molecule has 2 nitrogen and oxygen atoms in total. The Morgan fingerprint density at radius 1 is 1.06 bits per heavy atom. The van der Waals surface area contributed by atoms with Gasteiger partial charge in [-0.25, -0.2) is 0 Å². The molecule has 0 unspecified atom stereocenters. The predicted octanol–water partition coefficient (Wildman–Crippen LogP) is 2.64. The van der Waals surface area contributed by atoms with Gasteiger partial charge in [0.25, 0.3) is 0 Å². The molecule has 0 atom stereocenters. The topological polar surface area (TPSA) is 16.1 Å². The first-order valence-corrected chi connectivity index (χ1v) is 5.65. The van der Waals surface area contributed by atoms with Gasteiger partial charge in [0.2, 0.25) is 0 Å². The molecule has 3 rings (SSSR count). The first-order chi connectivity index (χ1) is 7.93. The molecule has 0 amide bonds. The lowest BCUT2D eigenvalue weighted by atomic mass is 10.2. The summed E-state index contributed by atoms with van der Waals surface area (Å²) in [6.07, 6.45) is 4.88. The van der Waals surface area contributed by atoms with Crippen LogP contribution in [0.25, 0.3) is 0 Å². The van der Waals surface area contributed by atoms with Crippen molar-refractivity contribution in [2.45, 2.75) is 13.0 Å². The number of rotatable bonds is 2. The summed E-state index contributed by atoms with van der Waals surface area (Å²) in [4.78, 5) is 6.48. The van der Waals surface area contributed by atoms with Crippen LogP contribution in [0.3, 0.4) is 0 Å². The first-order valence-electron chi connectivity index (χ1n) is 5.65. The second kappa shape index (κ2) is 3.97. The Balaban J connectivity index is 1.84. The van der Waals surface area contributed by atoms with E-state index in [0.717, 1.165) is 13.1 Å². The van der Waals surface area contributed by atoms with Crippen molar-refractivity contribution in [2.24, 2.45) is 0 Å². The van der Waals surface area contributed by atoms with Crippen molar-refractivity contribution in [1.29, 1.82) is 0 Å². The van der Waals surface area contributed by atoms with Crippen molar-refractivity contribution in [2.75, 3.05) is 11.4 Å². The van der Waals surface area contributed by atoms with Crippen LogP contribution in [0.1, 0.15) is 11.1 Å². The second-order valence-corrected chi connectivity index (χ2v) is 4.16. The van der Waals surface area contributed by atoms with E-state index in [0.29, 0.717) is 0 Å². The van der Waals surface area contributed by atoms with Crippen LogP contribution in [0.2, 0.25) is 0 Å². The third kappa shape index (κ3) is 1.67. The average Bonchev–Trinajstić information content (AvgIpc) is 2.74. The minimum atomic E-state index is 0.986. The molecule has 0 aliphatic carbocycles. The monoisotopic (exact) mass is 210 g/mol. The standard InChI is InChI=1S/C14H14N2/c1-2-4-14-13(3-1)7-10-16(14)11-12-5-8-15-9-6-12/h1-6,8-9H,7,10-11H2. The van der Waals surface area contributed by atoms with E-state index in [9.17, 15) is 0 Å². The third-order valence-electron chi connectivity index (χ3n) is 3.11. The lowest BCUT2D eigenvalue weighted by Gasteiger charge is -2.19. The van der Waals surface area contributed by atoms with Crippen molar-refractivity contribution >= 4 is 5.69 Å². The summed E-state index contributed by atoms with van der Waals surface area (Å²) >= 11 is 0. The fourth-order valence-corrected chi connectivity index (χ4v) is 2.28. The number of fused-ring (bicyclic) bond motifs is 1. The second-order valence-electron chi connectivity index (χ2n) is 4.16. The van der Waals surface area contributed by atoms with E-state index in [-0.39, 0.29) is 0 Å². The van der Waals surface area contributed by atoms with E-state index in [1.165, 1.54) is 23.2 Å². The summed E-state index contributed by atoms with van der Waals surface area (Å²) < 4.78 is 0. The highest BCUT2D eigenvalue weighted by Crippen LogP contribution is 2.28. The summed E-state index contributed by atoms with van der Waals surface area (Å²) in [5, 5.41) is 0. The maximum Gasteiger partial charge on any atom is 0.0430 e. The van der Waals surface area contributed by atoms with E-state index in [1.807, 2.05) is 12.4 Å². The average molecular weight is 210 g/mol. The van der Waals surface area contributed by atoms with Gasteiger partial charge in [-0.15, -0.1) is 0 Å². The number of hydrogen-bond acceptors (Lipinski definition) is 2. The Kier molecular flexibility index (Phi) is 2.33. The van der Waals surface area contributed by atoms with Gasteiger partial charge in [-0.1, -0.05) is 18.2 Å². The molecule has 0 N–H and O–H groups in total. The number of anilines is 1. The minimum absolute atomic E-state index is 0.986. The number of benzene rings is 1. The van der Waals surface area contributed by atoms with Gasteiger partial charge in [0.15, 0.2) is 0 Å². The fraction of sp³-hybridized carbons (Fsp3) is 0.214. The van der Waals surface area contributed by atoms with E-state index in [2.05, 4.69) is 46.3 Å². The lowest BCUT2D eigenvalue weighted by Crippen LogP contribution is -2.19. The van der Waals surface area contributed by atoms with Crippen LogP contribution in [-0.2, 0) is 13.0 Å². The van der Waals surface area contributed by atoms with Gasteiger partial charge < -0.3 is 4.90 Å². The maximum absolute atomic E-state index is 4.05. The van der Waals surface area contributed by atoms with Crippen LogP contribution in [0, 0.1) is 0 Å². The molecular weight excluding hydrogens is 196 g/mol. The van der Waals surface area contributed by atoms with E-state index >= 15 is 0 Å². The number of aromatic nitrogens is 1. The maximum atomic E-state index is 4.05. The minimum Gasteiger partial charge on any atom is -0.367 e. The molecule has 0 saturated carbocycles. The van der Waals surface area contributed by atoms with E-state index < -0.39 is 0 Å². The SMILES string of the molecule is c1ccc2c(c1)CCN2Cc1ccncc1. The van der Waals surface area contributed by atoms with Crippen molar-refractivity contribution in [1.82, 2.24) is 4.98 Å². The fourth-order valence-electron chi connectivity index (χ4n) is 2.28. The van der Waals surface area contributed by atoms with Gasteiger partial charge >= 0.3 is 0 Å². The van der Waals surface area contributed by atoms with Gasteiger partial charge in [0.1, 0.15) is 0 Å². The van der Waals surface area contributed by atoms with Crippen LogP contribution in [-0.4, -0.2) is 11.5 Å². The Morgan fingerprint density at radius 2 is 1.88 bits per heavy atom. The predicted molar refractivity (Wildman–Crippen MR) is 65.4 cm³/mol. The first kappa shape index (κ1) is 9.40. The zero-order chi connectivity index (χ0) is 10.8. The third-order valence-corrected chi connectivity index (χ3v) is 3.11. The molecule has 0 saturated heterocycles. The molecule has 0 spiro atoms. The molecule has 0 radical (unpaired) electrons. The number of hydrogen-bond donors (Lipinski definition) is 0. The molecule has 1 aliphatic rings. The van der Waals surface area contributed by atoms with Crippen molar-refractivity contribution in [3.05, 3.63) is 59.9 Å². The van der Waals surface area contributed by atoms with Gasteiger partial charge in [-0.2, -0.15) is 0 Å². The number of nitrogens with zero attached hydrogens (tertiary/aromatic N) is 2. The van der Waals surface area contributed by atoms with Crippen molar-refractivity contribution in [3.63, 3.8) is 0 Å². The summed E-state index contributed by atoms with van der Waals surface area (Å²) in [6.45, 7) is 2.11. The molecule has 0 fully saturated rings. The Bertz CT molecular complexity index is 479. The summed E-state index contributed by atoms with van der Waals surface area (Å²) in [5.41, 5.74) is 4.18. The molecule has 1 aromatic heterocycles. The van der Waals surface area contributed by atoms with E-state index in [1.54, 1.807) is 0 Å². The quantitative estimate of drug-likeness (QED) is 0.757. The molecular formula is C14H14N2. The molecule has 2 heteroatoms. The van der Waals surface area contributed by atoms with Gasteiger partial charge in [0, 0.05) is 31.2 Å². The Morgan fingerprint density at radius 3 is 2.75 bits per heavy atom. The zero-order valence-electron chi connectivity index (χ0n) is 9.13. The highest BCUT2D eigenvalue weighted by molar-refractivity contribution is 5.57. The largest absolute Gasteiger partial charge is 0.367 e. The molecule has 2 aromatic rings. The summed E-state index contributed by atoms with van der Waals surface area (Å²) in [7, 11) is 0. The number of para-hydroxylation sites is 1. The van der Waals surface area contributed by atoms with Crippen LogP contribution >= 0.6 is 0 Å². The van der Waals surface area contributed by atoms with Crippen LogP contribution in [0.5, 0.6) is 0 Å². The zero-order valence-corrected chi connectivity index (χ0v) is 9.13. The van der Waals surface area contributed by atoms with E-state index in [4.69, 9.17) is 0 Å². The van der Waals surface area contributed by atoms with Crippen molar-refractivity contribution in [3.8, 4) is 0 Å². The van der Waals surface area contributed by atoms with Crippen LogP contribution in [0.4, 0.5) is 5.69 Å². The highest BCUT2D eigenvalue weighted by Gasteiger charge is 2.17. The lowest BCUT2D eigenvalue weighted by molar-refractivity contribution is 0.834. The Labute approximate surface area is 95.6 Å². The smallest absolute Gasteiger partial charge is 0.0430 e. The van der Waals surface area contributed by atoms with Crippen molar-refractivity contribution < 1.29 is 0 Å². The normalized spacial score (nSPS) is 13.9. The van der Waals surface area contributed by atoms with Crippen LogP contribution < -0.4 is 4.90 Å². The molecule has 0 bridgehead atoms. The molecule has 16 heavy (non-hydrogen) atoms. The highest BCUT2D eigenvalue weighted by atomic mass is 15.1. The Hall–Kier alpha value is -1.83. The molecule has 1 aromatic carbocycles. The number of pyridine rings is 1. The molecule has 2 heterocycles. The van der Waals surface area contributed by atoms with Gasteiger partial charge in [0.05, 0.1) is 0 Å². The summed E-state index contributed by atoms with van der Waals surface area (Å²) in [5.74, 6) is 0. The molecule has 1 aliphatic heterocycles.